The molecular formula is C48H41O7P. The summed E-state index contributed by atoms with van der Waals surface area (Å²) in [6, 6.07) is 45.9. The standard InChI is InChI=1S/C48H41O7P/c1-30(2)53-47(49)36-27-34-17-7-9-21-37(34)41(29-36)45-40-24-12-8-18-35(40)28-42(48(50)54-31(3)4)46(45)55-56(51,52,43-25-13-19-32-15-5-10-22-38(32)43)44-26-14-20-33-16-6-11-23-39(33)44/h5-31,51-52H,1-4H3. The fourth-order valence-corrected chi connectivity index (χ4v) is 10.5. The van der Waals surface area contributed by atoms with E-state index in [1.807, 2.05) is 109 Å². The molecule has 0 aromatic heterocycles. The van der Waals surface area contributed by atoms with Crippen LogP contribution in [0.4, 0.5) is 0 Å². The van der Waals surface area contributed by atoms with Crippen LogP contribution in [0.3, 0.4) is 0 Å². The molecular weight excluding hydrogens is 719 g/mol. The molecule has 0 unspecified atom stereocenters. The zero-order valence-corrected chi connectivity index (χ0v) is 32.4. The molecule has 8 heteroatoms. The van der Waals surface area contributed by atoms with Gasteiger partial charge in [0.2, 0.25) is 0 Å². The fourth-order valence-electron chi connectivity index (χ4n) is 7.56. The Balaban J connectivity index is 1.55. The first-order valence-electron chi connectivity index (χ1n) is 18.6. The van der Waals surface area contributed by atoms with E-state index in [-0.39, 0.29) is 33.6 Å². The second kappa shape index (κ2) is 14.2. The summed E-state index contributed by atoms with van der Waals surface area (Å²) in [5.74, 6) is -1.34. The summed E-state index contributed by atoms with van der Waals surface area (Å²) in [7, 11) is -5.90. The van der Waals surface area contributed by atoms with Gasteiger partial charge in [-0.05, 0) is 0 Å². The molecule has 0 amide bonds. The molecule has 0 bridgehead atoms. The molecule has 8 aromatic rings. The van der Waals surface area contributed by atoms with Gasteiger partial charge in [0.1, 0.15) is 0 Å². The molecule has 0 fully saturated rings. The molecule has 0 saturated carbocycles. The molecule has 0 saturated heterocycles. The van der Waals surface area contributed by atoms with Gasteiger partial charge in [-0.25, -0.2) is 0 Å². The summed E-state index contributed by atoms with van der Waals surface area (Å²) in [5.41, 5.74) is 1.18. The summed E-state index contributed by atoms with van der Waals surface area (Å²) >= 11 is 0. The SMILES string of the molecule is CC(C)OC(=O)c1cc(-c2c(OP(O)(O)(c3cccc4ccccc34)c3cccc4ccccc34)c(C(=O)OC(C)C)cc3ccccc23)c2ccccc2c1. The van der Waals surface area contributed by atoms with Crippen molar-refractivity contribution in [2.24, 2.45) is 0 Å². The van der Waals surface area contributed by atoms with E-state index >= 15 is 0 Å². The van der Waals surface area contributed by atoms with Crippen LogP contribution >= 0.6 is 7.28 Å². The quantitative estimate of drug-likeness (QED) is 0.112. The maximum atomic E-state index is 14.4. The van der Waals surface area contributed by atoms with Crippen molar-refractivity contribution >= 4 is 72.9 Å². The molecule has 0 aliphatic rings. The predicted molar refractivity (Wildman–Crippen MR) is 227 cm³/mol. The van der Waals surface area contributed by atoms with Crippen LogP contribution in [0.1, 0.15) is 48.4 Å². The van der Waals surface area contributed by atoms with Crippen LogP contribution in [-0.2, 0) is 9.47 Å². The monoisotopic (exact) mass is 760 g/mol. The Morgan fingerprint density at radius 2 is 0.946 bits per heavy atom. The van der Waals surface area contributed by atoms with Crippen molar-refractivity contribution in [2.45, 2.75) is 39.9 Å². The molecule has 0 heterocycles. The number of ether oxygens (including phenoxy) is 2. The van der Waals surface area contributed by atoms with E-state index in [1.54, 1.807) is 70.2 Å². The van der Waals surface area contributed by atoms with Gasteiger partial charge in [-0.3, -0.25) is 0 Å². The number of hydrogen-bond donors (Lipinski definition) is 2. The number of fused-ring (bicyclic) bond motifs is 4. The summed E-state index contributed by atoms with van der Waals surface area (Å²) in [5, 5.41) is 5.81. The minimum absolute atomic E-state index is 0.00999. The number of carbonyl (C=O) groups excluding carboxylic acids is 2. The van der Waals surface area contributed by atoms with Gasteiger partial charge in [0.05, 0.1) is 0 Å². The summed E-state index contributed by atoms with van der Waals surface area (Å²) < 4.78 is 18.7. The van der Waals surface area contributed by atoms with Crippen molar-refractivity contribution in [3.05, 3.63) is 163 Å². The van der Waals surface area contributed by atoms with Gasteiger partial charge < -0.3 is 0 Å². The van der Waals surface area contributed by atoms with Gasteiger partial charge in [0.25, 0.3) is 0 Å². The van der Waals surface area contributed by atoms with Gasteiger partial charge in [-0.15, -0.1) is 0 Å². The molecule has 0 spiro atoms. The first kappa shape index (κ1) is 36.8. The van der Waals surface area contributed by atoms with E-state index in [0.29, 0.717) is 32.7 Å². The van der Waals surface area contributed by atoms with Crippen molar-refractivity contribution < 1.29 is 33.4 Å². The number of esters is 2. The molecule has 280 valence electrons. The van der Waals surface area contributed by atoms with Crippen molar-refractivity contribution in [3.63, 3.8) is 0 Å². The maximum absolute atomic E-state index is 14.4. The van der Waals surface area contributed by atoms with Crippen molar-refractivity contribution in [1.29, 1.82) is 0 Å². The van der Waals surface area contributed by atoms with Crippen LogP contribution in [0.25, 0.3) is 54.2 Å². The van der Waals surface area contributed by atoms with Crippen molar-refractivity contribution in [3.8, 4) is 16.9 Å². The Morgan fingerprint density at radius 1 is 0.500 bits per heavy atom. The average molecular weight is 761 g/mol. The molecule has 0 radical (unpaired) electrons. The fraction of sp³-hybridized carbons (Fsp3) is 0.125. The molecule has 0 aliphatic heterocycles. The third-order valence-corrected chi connectivity index (χ3v) is 13.0. The Bertz CT molecular complexity index is 2750. The van der Waals surface area contributed by atoms with Crippen molar-refractivity contribution in [2.75, 3.05) is 0 Å². The zero-order valence-electron chi connectivity index (χ0n) is 31.5. The number of benzene rings is 8. The topological polar surface area (TPSA) is 102 Å². The Labute approximate surface area is 324 Å². The Hall–Kier alpha value is -6.11. The van der Waals surface area contributed by atoms with Crippen molar-refractivity contribution in [1.82, 2.24) is 0 Å². The van der Waals surface area contributed by atoms with E-state index in [1.165, 1.54) is 0 Å². The number of rotatable bonds is 9. The predicted octanol–water partition coefficient (Wildman–Crippen LogP) is 10.4. The van der Waals surface area contributed by atoms with Crippen LogP contribution in [0.5, 0.6) is 5.75 Å². The van der Waals surface area contributed by atoms with E-state index in [9.17, 15) is 19.4 Å². The van der Waals surface area contributed by atoms with Crippen LogP contribution in [-0.4, -0.2) is 33.9 Å². The zero-order chi connectivity index (χ0) is 39.2. The molecule has 56 heavy (non-hydrogen) atoms. The first-order valence-corrected chi connectivity index (χ1v) is 20.7. The summed E-state index contributed by atoms with van der Waals surface area (Å²) in [6.45, 7) is 7.08. The third kappa shape index (κ3) is 6.44. The normalized spacial score (nSPS) is 12.6. The van der Waals surface area contributed by atoms with Crippen LogP contribution in [0.15, 0.2) is 152 Å². The minimum atomic E-state index is -5.90. The van der Waals surface area contributed by atoms with E-state index in [2.05, 4.69) is 0 Å². The molecule has 8 aromatic carbocycles. The Morgan fingerprint density at radius 3 is 1.50 bits per heavy atom. The van der Waals surface area contributed by atoms with E-state index in [4.69, 9.17) is 14.0 Å². The van der Waals surface area contributed by atoms with Gasteiger partial charge in [-0.2, -0.15) is 0 Å². The van der Waals surface area contributed by atoms with Crippen LogP contribution in [0, 0.1) is 0 Å². The Kier molecular flexibility index (Phi) is 9.34. The second-order valence-corrected chi connectivity index (χ2v) is 17.6. The average Bonchev–Trinajstić information content (AvgIpc) is 3.19. The van der Waals surface area contributed by atoms with Gasteiger partial charge >= 0.3 is 326 Å². The summed E-state index contributed by atoms with van der Waals surface area (Å²) in [6.07, 6.45) is -0.877. The molecule has 8 rings (SSSR count). The number of hydrogen-bond acceptors (Lipinski definition) is 7. The first-order chi connectivity index (χ1) is 26.9. The van der Waals surface area contributed by atoms with E-state index in [0.717, 1.165) is 21.5 Å². The van der Waals surface area contributed by atoms with Gasteiger partial charge in [0.15, 0.2) is 0 Å². The van der Waals surface area contributed by atoms with E-state index < -0.39 is 25.3 Å². The van der Waals surface area contributed by atoms with Gasteiger partial charge in [0, 0.05) is 0 Å². The van der Waals surface area contributed by atoms with Gasteiger partial charge in [-0.1, -0.05) is 0 Å². The molecule has 0 atom stereocenters. The second-order valence-electron chi connectivity index (χ2n) is 14.5. The molecule has 0 aliphatic carbocycles. The molecule has 2 N–H and O–H groups in total. The third-order valence-electron chi connectivity index (χ3n) is 9.94. The summed E-state index contributed by atoms with van der Waals surface area (Å²) in [4.78, 5) is 55.6. The molecule has 7 nitrogen and oxygen atoms in total. The van der Waals surface area contributed by atoms with Crippen LogP contribution in [0.2, 0.25) is 0 Å². The number of carbonyl (C=O) groups is 2. The van der Waals surface area contributed by atoms with Crippen LogP contribution < -0.4 is 15.1 Å².